The lowest BCUT2D eigenvalue weighted by atomic mass is 9.80. The zero-order chi connectivity index (χ0) is 26.5. The van der Waals surface area contributed by atoms with E-state index in [0.29, 0.717) is 35.1 Å². The van der Waals surface area contributed by atoms with Gasteiger partial charge in [0.1, 0.15) is 18.1 Å². The average molecular weight is 503 g/mol. The van der Waals surface area contributed by atoms with Crippen LogP contribution in [-0.4, -0.2) is 42.1 Å². The van der Waals surface area contributed by atoms with Crippen molar-refractivity contribution in [2.24, 2.45) is 0 Å². The fraction of sp³-hybridized carbons (Fsp3) is 0.387. The number of hydrogen-bond acceptors (Lipinski definition) is 5. The van der Waals surface area contributed by atoms with Crippen LogP contribution in [0.25, 0.3) is 0 Å². The maximum Gasteiger partial charge on any atom is 0.255 e. The van der Waals surface area contributed by atoms with E-state index in [9.17, 15) is 4.79 Å². The summed E-state index contributed by atoms with van der Waals surface area (Å²) in [6, 6.07) is 22.1. The van der Waals surface area contributed by atoms with Gasteiger partial charge in [-0.1, -0.05) is 18.2 Å². The maximum atomic E-state index is 12.9. The molecular formula is C31H38N2O4. The fourth-order valence-corrected chi connectivity index (χ4v) is 5.26. The van der Waals surface area contributed by atoms with Crippen LogP contribution in [0.15, 0.2) is 72.8 Å². The number of para-hydroxylation sites is 1. The Morgan fingerprint density at radius 3 is 2.16 bits per heavy atom. The molecule has 0 bridgehead atoms. The minimum Gasteiger partial charge on any atom is -0.493 e. The Balaban J connectivity index is 1.38. The number of amides is 1. The van der Waals surface area contributed by atoms with Gasteiger partial charge in [-0.25, -0.2) is 0 Å². The summed E-state index contributed by atoms with van der Waals surface area (Å²) in [5.41, 5.74) is 1.44. The number of methoxy groups -OCH3 is 1. The first kappa shape index (κ1) is 26.6. The van der Waals surface area contributed by atoms with E-state index in [1.165, 1.54) is 19.3 Å². The van der Waals surface area contributed by atoms with Gasteiger partial charge in [0.25, 0.3) is 5.91 Å². The third-order valence-electron chi connectivity index (χ3n) is 7.13. The van der Waals surface area contributed by atoms with E-state index >= 15 is 0 Å². The predicted octanol–water partition coefficient (Wildman–Crippen LogP) is 7.16. The van der Waals surface area contributed by atoms with Gasteiger partial charge in [0.15, 0.2) is 11.5 Å². The number of hydrogen-bond donors (Lipinski definition) is 1. The summed E-state index contributed by atoms with van der Waals surface area (Å²) in [6.07, 6.45) is 3.61. The third-order valence-corrected chi connectivity index (χ3v) is 7.13. The van der Waals surface area contributed by atoms with Gasteiger partial charge in [0, 0.05) is 34.9 Å². The zero-order valence-corrected chi connectivity index (χ0v) is 22.5. The van der Waals surface area contributed by atoms with Crippen LogP contribution in [0.4, 0.5) is 5.69 Å². The molecule has 1 aliphatic rings. The highest BCUT2D eigenvalue weighted by molar-refractivity contribution is 6.04. The van der Waals surface area contributed by atoms with Crippen LogP contribution in [0.1, 0.15) is 57.3 Å². The van der Waals surface area contributed by atoms with Crippen LogP contribution >= 0.6 is 0 Å². The quantitative estimate of drug-likeness (QED) is 0.336. The van der Waals surface area contributed by atoms with Crippen molar-refractivity contribution in [2.45, 2.75) is 58.0 Å². The van der Waals surface area contributed by atoms with Crippen LogP contribution < -0.4 is 19.5 Å². The molecule has 1 fully saturated rings. The van der Waals surface area contributed by atoms with E-state index in [0.717, 1.165) is 12.3 Å². The second kappa shape index (κ2) is 11.3. The largest absolute Gasteiger partial charge is 0.493 e. The number of anilines is 1. The van der Waals surface area contributed by atoms with Crippen LogP contribution in [0.2, 0.25) is 0 Å². The smallest absolute Gasteiger partial charge is 0.255 e. The molecule has 0 saturated carbocycles. The number of benzene rings is 3. The third kappa shape index (κ3) is 6.63. The minimum absolute atomic E-state index is 0.132. The highest BCUT2D eigenvalue weighted by Crippen LogP contribution is 2.38. The van der Waals surface area contributed by atoms with E-state index in [1.54, 1.807) is 31.4 Å². The molecule has 0 aliphatic carbocycles. The standard InChI is InChI=1S/C31H38N2O4/c1-30(2)18-9-19-31(3,4)33(30)20-21-36-28-22-24(14-17-27(28)35-5)32-29(34)23-12-15-26(16-13-23)37-25-10-7-6-8-11-25/h6-8,10-17,22H,9,18-21H2,1-5H3,(H,32,34). The Labute approximate surface area is 220 Å². The lowest BCUT2D eigenvalue weighted by Gasteiger charge is -2.53. The van der Waals surface area contributed by atoms with Gasteiger partial charge < -0.3 is 19.5 Å². The van der Waals surface area contributed by atoms with E-state index < -0.39 is 0 Å². The van der Waals surface area contributed by atoms with Crippen molar-refractivity contribution in [3.63, 3.8) is 0 Å². The number of piperidine rings is 1. The Kier molecular flexibility index (Phi) is 8.08. The molecule has 1 saturated heterocycles. The first-order chi connectivity index (χ1) is 17.7. The number of nitrogens with one attached hydrogen (secondary N) is 1. The van der Waals surface area contributed by atoms with Crippen LogP contribution in [0, 0.1) is 0 Å². The summed E-state index contributed by atoms with van der Waals surface area (Å²) in [7, 11) is 1.62. The molecule has 3 aromatic rings. The van der Waals surface area contributed by atoms with E-state index in [4.69, 9.17) is 14.2 Å². The van der Waals surface area contributed by atoms with E-state index in [1.807, 2.05) is 48.5 Å². The van der Waals surface area contributed by atoms with E-state index in [-0.39, 0.29) is 17.0 Å². The molecule has 1 N–H and O–H groups in total. The molecule has 1 aliphatic heterocycles. The molecule has 6 heteroatoms. The van der Waals surface area contributed by atoms with Gasteiger partial charge in [0.2, 0.25) is 0 Å². The number of likely N-dealkylation sites (tertiary alicyclic amines) is 1. The Bertz CT molecular complexity index is 1170. The summed E-state index contributed by atoms with van der Waals surface area (Å²) in [6.45, 7) is 10.6. The molecule has 0 unspecified atom stereocenters. The molecular weight excluding hydrogens is 464 g/mol. The Hall–Kier alpha value is -3.51. The molecule has 0 radical (unpaired) electrons. The first-order valence-corrected chi connectivity index (χ1v) is 12.9. The molecule has 1 heterocycles. The van der Waals surface area contributed by atoms with Crippen LogP contribution in [0.3, 0.4) is 0 Å². The average Bonchev–Trinajstić information content (AvgIpc) is 2.86. The topological polar surface area (TPSA) is 60.0 Å². The van der Waals surface area contributed by atoms with Gasteiger partial charge in [0.05, 0.1) is 7.11 Å². The number of nitrogens with zero attached hydrogens (tertiary/aromatic N) is 1. The number of ether oxygens (including phenoxy) is 3. The highest BCUT2D eigenvalue weighted by atomic mass is 16.5. The molecule has 196 valence electrons. The van der Waals surface area contributed by atoms with Gasteiger partial charge in [-0.2, -0.15) is 0 Å². The van der Waals surface area contributed by atoms with Gasteiger partial charge in [-0.15, -0.1) is 0 Å². The van der Waals surface area contributed by atoms with Crippen molar-refractivity contribution in [3.8, 4) is 23.0 Å². The predicted molar refractivity (Wildman–Crippen MR) is 148 cm³/mol. The summed E-state index contributed by atoms with van der Waals surface area (Å²) < 4.78 is 17.5. The summed E-state index contributed by atoms with van der Waals surface area (Å²) in [4.78, 5) is 15.4. The zero-order valence-electron chi connectivity index (χ0n) is 22.5. The molecule has 0 atom stereocenters. The fourth-order valence-electron chi connectivity index (χ4n) is 5.26. The van der Waals surface area contributed by atoms with Crippen molar-refractivity contribution in [1.29, 1.82) is 0 Å². The molecule has 6 nitrogen and oxygen atoms in total. The molecule has 0 aromatic heterocycles. The first-order valence-electron chi connectivity index (χ1n) is 12.9. The molecule has 3 aromatic carbocycles. The van der Waals surface area contributed by atoms with Crippen molar-refractivity contribution in [1.82, 2.24) is 4.90 Å². The monoisotopic (exact) mass is 502 g/mol. The number of carbonyl (C=O) groups excluding carboxylic acids is 1. The van der Waals surface area contributed by atoms with Crippen molar-refractivity contribution >= 4 is 11.6 Å². The molecule has 1 amide bonds. The van der Waals surface area contributed by atoms with Gasteiger partial charge >= 0.3 is 0 Å². The minimum atomic E-state index is -0.209. The Morgan fingerprint density at radius 1 is 0.865 bits per heavy atom. The normalized spacial score (nSPS) is 16.6. The molecule has 37 heavy (non-hydrogen) atoms. The molecule has 0 spiro atoms. The summed E-state index contributed by atoms with van der Waals surface area (Å²) >= 11 is 0. The summed E-state index contributed by atoms with van der Waals surface area (Å²) in [5, 5.41) is 2.96. The van der Waals surface area contributed by atoms with Gasteiger partial charge in [-0.05, 0) is 95.5 Å². The molecule has 4 rings (SSSR count). The van der Waals surface area contributed by atoms with Crippen molar-refractivity contribution < 1.29 is 19.0 Å². The van der Waals surface area contributed by atoms with Crippen molar-refractivity contribution in [3.05, 3.63) is 78.4 Å². The van der Waals surface area contributed by atoms with Gasteiger partial charge in [-0.3, -0.25) is 9.69 Å². The van der Waals surface area contributed by atoms with Crippen molar-refractivity contribution in [2.75, 3.05) is 25.6 Å². The number of rotatable bonds is 9. The Morgan fingerprint density at radius 2 is 1.51 bits per heavy atom. The SMILES string of the molecule is COc1ccc(NC(=O)c2ccc(Oc3ccccc3)cc2)cc1OCCN1C(C)(C)CCCC1(C)C. The lowest BCUT2D eigenvalue weighted by Crippen LogP contribution is -2.59. The second-order valence-corrected chi connectivity index (χ2v) is 10.7. The summed E-state index contributed by atoms with van der Waals surface area (Å²) in [5.74, 6) is 2.46. The number of carbonyl (C=O) groups is 1. The van der Waals surface area contributed by atoms with Crippen LogP contribution in [-0.2, 0) is 0 Å². The van der Waals surface area contributed by atoms with Crippen LogP contribution in [0.5, 0.6) is 23.0 Å². The lowest BCUT2D eigenvalue weighted by molar-refractivity contribution is -0.0341. The van der Waals surface area contributed by atoms with E-state index in [2.05, 4.69) is 37.9 Å². The maximum absolute atomic E-state index is 12.9. The highest BCUT2D eigenvalue weighted by Gasteiger charge is 2.40. The second-order valence-electron chi connectivity index (χ2n) is 10.7.